The predicted octanol–water partition coefficient (Wildman–Crippen LogP) is 1.15. The summed E-state index contributed by atoms with van der Waals surface area (Å²) in [6.45, 7) is 9.58. The van der Waals surface area contributed by atoms with Crippen molar-refractivity contribution in [1.29, 1.82) is 0 Å². The van der Waals surface area contributed by atoms with Gasteiger partial charge >= 0.3 is 0 Å². The van der Waals surface area contributed by atoms with E-state index in [-0.39, 0.29) is 12.1 Å². The molecule has 1 aliphatic rings. The topological polar surface area (TPSA) is 78.5 Å². The number of aryl methyl sites for hydroxylation is 2. The SMILES string of the molecule is CCN(Cc1nnc(C)o1)C1CN(Cc2cccnc2C)C[C@H]1O. The molecule has 3 rings (SSSR count). The monoisotopic (exact) mass is 331 g/mol. The van der Waals surface area contributed by atoms with Gasteiger partial charge in [0.1, 0.15) is 0 Å². The molecule has 2 atom stereocenters. The Balaban J connectivity index is 1.64. The molecule has 3 heterocycles. The van der Waals surface area contributed by atoms with Crippen LogP contribution in [0, 0.1) is 13.8 Å². The second kappa shape index (κ2) is 7.38. The first-order valence-corrected chi connectivity index (χ1v) is 8.40. The number of β-amino-alcohol motifs (C(OH)–C–C–N with tert-alkyl or cyclic N) is 1. The lowest BCUT2D eigenvalue weighted by Gasteiger charge is -2.28. The largest absolute Gasteiger partial charge is 0.424 e. The summed E-state index contributed by atoms with van der Waals surface area (Å²) in [5.41, 5.74) is 2.25. The lowest BCUT2D eigenvalue weighted by atomic mass is 10.2. The fraction of sp³-hybridized carbons (Fsp3) is 0.588. The van der Waals surface area contributed by atoms with E-state index in [9.17, 15) is 5.11 Å². The van der Waals surface area contributed by atoms with Crippen molar-refractivity contribution >= 4 is 0 Å². The molecule has 1 N–H and O–H groups in total. The van der Waals surface area contributed by atoms with E-state index >= 15 is 0 Å². The van der Waals surface area contributed by atoms with Crippen molar-refractivity contribution in [2.24, 2.45) is 0 Å². The number of hydrogen-bond donors (Lipinski definition) is 1. The number of hydrogen-bond acceptors (Lipinski definition) is 7. The highest BCUT2D eigenvalue weighted by atomic mass is 16.4. The number of aromatic nitrogens is 3. The lowest BCUT2D eigenvalue weighted by molar-refractivity contribution is 0.0760. The maximum Gasteiger partial charge on any atom is 0.230 e. The average molecular weight is 331 g/mol. The van der Waals surface area contributed by atoms with Gasteiger partial charge in [-0.05, 0) is 25.1 Å². The van der Waals surface area contributed by atoms with Crippen molar-refractivity contribution in [2.75, 3.05) is 19.6 Å². The average Bonchev–Trinajstić information content (AvgIpc) is 3.13. The zero-order valence-corrected chi connectivity index (χ0v) is 14.5. The minimum absolute atomic E-state index is 0.0687. The van der Waals surface area contributed by atoms with Crippen LogP contribution < -0.4 is 0 Å². The van der Waals surface area contributed by atoms with Gasteiger partial charge in [0.2, 0.25) is 11.8 Å². The third-order valence-electron chi connectivity index (χ3n) is 4.63. The molecule has 0 saturated carbocycles. The Labute approximate surface area is 142 Å². The van der Waals surface area contributed by atoms with E-state index in [1.54, 1.807) is 6.92 Å². The molecule has 2 aromatic heterocycles. The first-order valence-electron chi connectivity index (χ1n) is 8.40. The van der Waals surface area contributed by atoms with Crippen molar-refractivity contribution in [2.45, 2.75) is 46.0 Å². The predicted molar refractivity (Wildman–Crippen MR) is 89.2 cm³/mol. The molecular weight excluding hydrogens is 306 g/mol. The van der Waals surface area contributed by atoms with Crippen molar-refractivity contribution < 1.29 is 9.52 Å². The Hall–Kier alpha value is -1.83. The highest BCUT2D eigenvalue weighted by molar-refractivity contribution is 5.18. The number of pyridine rings is 1. The van der Waals surface area contributed by atoms with Crippen LogP contribution >= 0.6 is 0 Å². The van der Waals surface area contributed by atoms with Crippen LogP contribution in [0.2, 0.25) is 0 Å². The Kier molecular flexibility index (Phi) is 5.23. The van der Waals surface area contributed by atoms with Crippen LogP contribution in [0.15, 0.2) is 22.7 Å². The molecule has 2 aromatic rings. The summed E-state index contributed by atoms with van der Waals surface area (Å²) in [7, 11) is 0. The first kappa shape index (κ1) is 17.0. The van der Waals surface area contributed by atoms with Crippen LogP contribution in [0.1, 0.15) is 30.0 Å². The molecule has 0 aliphatic carbocycles. The maximum atomic E-state index is 10.5. The van der Waals surface area contributed by atoms with E-state index in [1.165, 1.54) is 5.56 Å². The molecule has 0 bridgehead atoms. The third kappa shape index (κ3) is 3.80. The summed E-state index contributed by atoms with van der Waals surface area (Å²) in [5.74, 6) is 1.17. The maximum absolute atomic E-state index is 10.5. The molecule has 1 saturated heterocycles. The van der Waals surface area contributed by atoms with E-state index in [4.69, 9.17) is 4.42 Å². The van der Waals surface area contributed by atoms with Gasteiger partial charge in [0.05, 0.1) is 18.7 Å². The Morgan fingerprint density at radius 2 is 2.17 bits per heavy atom. The molecule has 7 nitrogen and oxygen atoms in total. The van der Waals surface area contributed by atoms with Gasteiger partial charge in [0.25, 0.3) is 0 Å². The fourth-order valence-electron chi connectivity index (χ4n) is 3.30. The number of aliphatic hydroxyl groups excluding tert-OH is 1. The fourth-order valence-corrected chi connectivity index (χ4v) is 3.30. The Bertz CT molecular complexity index is 675. The lowest BCUT2D eigenvalue weighted by Crippen LogP contribution is -2.42. The normalized spacial score (nSPS) is 21.7. The molecule has 7 heteroatoms. The molecule has 0 aromatic carbocycles. The number of aliphatic hydroxyl groups is 1. The van der Waals surface area contributed by atoms with E-state index < -0.39 is 0 Å². The molecular formula is C17H25N5O2. The van der Waals surface area contributed by atoms with Crippen LogP contribution in [0.3, 0.4) is 0 Å². The summed E-state index contributed by atoms with van der Waals surface area (Å²) in [6, 6.07) is 4.13. The van der Waals surface area contributed by atoms with Gasteiger partial charge in [0.15, 0.2) is 0 Å². The third-order valence-corrected chi connectivity index (χ3v) is 4.63. The Morgan fingerprint density at radius 3 is 2.83 bits per heavy atom. The first-order chi connectivity index (χ1) is 11.6. The molecule has 130 valence electrons. The quantitative estimate of drug-likeness (QED) is 0.850. The van der Waals surface area contributed by atoms with Gasteiger partial charge in [0, 0.05) is 38.4 Å². The number of likely N-dealkylation sites (N-methyl/N-ethyl adjacent to an activating group) is 1. The van der Waals surface area contributed by atoms with E-state index in [2.05, 4.69) is 38.0 Å². The molecule has 0 amide bonds. The summed E-state index contributed by atoms with van der Waals surface area (Å²) in [4.78, 5) is 8.82. The molecule has 1 fully saturated rings. The molecule has 0 spiro atoms. The van der Waals surface area contributed by atoms with Crippen LogP contribution in [-0.4, -0.2) is 61.9 Å². The van der Waals surface area contributed by atoms with E-state index in [0.29, 0.717) is 24.9 Å². The summed E-state index contributed by atoms with van der Waals surface area (Å²) < 4.78 is 5.48. The van der Waals surface area contributed by atoms with Crippen molar-refractivity contribution in [3.05, 3.63) is 41.4 Å². The van der Waals surface area contributed by atoms with Crippen molar-refractivity contribution in [3.63, 3.8) is 0 Å². The second-order valence-electron chi connectivity index (χ2n) is 6.35. The number of nitrogens with zero attached hydrogens (tertiary/aromatic N) is 5. The van der Waals surface area contributed by atoms with Crippen molar-refractivity contribution in [3.8, 4) is 0 Å². The number of rotatable bonds is 6. The van der Waals surface area contributed by atoms with Gasteiger partial charge in [-0.2, -0.15) is 0 Å². The van der Waals surface area contributed by atoms with Gasteiger partial charge in [-0.25, -0.2) is 0 Å². The zero-order valence-electron chi connectivity index (χ0n) is 14.5. The van der Waals surface area contributed by atoms with Crippen LogP contribution in [0.4, 0.5) is 0 Å². The van der Waals surface area contributed by atoms with Gasteiger partial charge in [-0.3, -0.25) is 14.8 Å². The summed E-state index contributed by atoms with van der Waals surface area (Å²) >= 11 is 0. The van der Waals surface area contributed by atoms with Gasteiger partial charge in [-0.1, -0.05) is 13.0 Å². The highest BCUT2D eigenvalue weighted by Crippen LogP contribution is 2.21. The Morgan fingerprint density at radius 1 is 1.33 bits per heavy atom. The summed E-state index contributed by atoms with van der Waals surface area (Å²) in [6.07, 6.45) is 1.43. The van der Waals surface area contributed by atoms with E-state index in [0.717, 1.165) is 25.3 Å². The van der Waals surface area contributed by atoms with Crippen molar-refractivity contribution in [1.82, 2.24) is 25.0 Å². The molecule has 1 unspecified atom stereocenters. The minimum atomic E-state index is -0.383. The smallest absolute Gasteiger partial charge is 0.230 e. The standard InChI is InChI=1S/C17H25N5O2/c1-4-22(11-17-20-19-13(3)24-17)15-9-21(10-16(15)23)8-14-6-5-7-18-12(14)2/h5-7,15-16,23H,4,8-11H2,1-3H3/t15?,16-/m1/s1. The number of likely N-dealkylation sites (tertiary alicyclic amines) is 1. The molecule has 0 radical (unpaired) electrons. The van der Waals surface area contributed by atoms with E-state index in [1.807, 2.05) is 19.2 Å². The van der Waals surface area contributed by atoms with Crippen LogP contribution in [0.5, 0.6) is 0 Å². The zero-order chi connectivity index (χ0) is 17.1. The van der Waals surface area contributed by atoms with Gasteiger partial charge in [-0.15, -0.1) is 10.2 Å². The summed E-state index contributed by atoms with van der Waals surface area (Å²) in [5, 5.41) is 18.5. The molecule has 24 heavy (non-hydrogen) atoms. The minimum Gasteiger partial charge on any atom is -0.424 e. The van der Waals surface area contributed by atoms with Crippen LogP contribution in [0.25, 0.3) is 0 Å². The van der Waals surface area contributed by atoms with Gasteiger partial charge < -0.3 is 9.52 Å². The highest BCUT2D eigenvalue weighted by Gasteiger charge is 2.35. The molecule has 1 aliphatic heterocycles. The second-order valence-corrected chi connectivity index (χ2v) is 6.35. The van der Waals surface area contributed by atoms with Crippen LogP contribution in [-0.2, 0) is 13.1 Å².